The second-order valence-electron chi connectivity index (χ2n) is 6.46. The fourth-order valence-electron chi connectivity index (χ4n) is 2.91. The molecule has 3 aromatic rings. The van der Waals surface area contributed by atoms with Gasteiger partial charge in [-0.1, -0.05) is 18.2 Å². The number of hydrogen-bond donors (Lipinski definition) is 2. The van der Waals surface area contributed by atoms with Gasteiger partial charge in [0.1, 0.15) is 17.3 Å². The van der Waals surface area contributed by atoms with Gasteiger partial charge in [0.25, 0.3) is 0 Å². The molecule has 1 amide bonds. The lowest BCUT2D eigenvalue weighted by molar-refractivity contribution is -0.115. The van der Waals surface area contributed by atoms with Gasteiger partial charge in [0.05, 0.1) is 20.6 Å². The van der Waals surface area contributed by atoms with Gasteiger partial charge < -0.3 is 20.1 Å². The number of benzene rings is 3. The van der Waals surface area contributed by atoms with Crippen LogP contribution in [0, 0.1) is 5.82 Å². The number of methoxy groups -OCH3 is 2. The van der Waals surface area contributed by atoms with E-state index < -0.39 is 0 Å². The Kier molecular flexibility index (Phi) is 6.68. The molecule has 0 aromatic heterocycles. The van der Waals surface area contributed by atoms with E-state index in [4.69, 9.17) is 9.47 Å². The second-order valence-corrected chi connectivity index (χ2v) is 6.46. The van der Waals surface area contributed by atoms with Crippen molar-refractivity contribution in [2.45, 2.75) is 13.0 Å². The summed E-state index contributed by atoms with van der Waals surface area (Å²) in [7, 11) is 3.26. The lowest BCUT2D eigenvalue weighted by Gasteiger charge is -2.12. The van der Waals surface area contributed by atoms with E-state index >= 15 is 0 Å². The largest absolute Gasteiger partial charge is 0.497 e. The van der Waals surface area contributed by atoms with Crippen LogP contribution >= 0.6 is 0 Å². The maximum Gasteiger partial charge on any atom is 0.228 e. The summed E-state index contributed by atoms with van der Waals surface area (Å²) in [5.41, 5.74) is 3.21. The summed E-state index contributed by atoms with van der Waals surface area (Å²) < 4.78 is 23.9. The molecule has 0 aliphatic rings. The Bertz CT molecular complexity index is 974. The minimum absolute atomic E-state index is 0.197. The van der Waals surface area contributed by atoms with Crippen molar-refractivity contribution in [1.29, 1.82) is 0 Å². The zero-order valence-electron chi connectivity index (χ0n) is 16.4. The number of hydrogen-bond acceptors (Lipinski definition) is 4. The average molecular weight is 394 g/mol. The van der Waals surface area contributed by atoms with E-state index in [0.717, 1.165) is 28.3 Å². The summed E-state index contributed by atoms with van der Waals surface area (Å²) in [6, 6.07) is 19.1. The van der Waals surface area contributed by atoms with Gasteiger partial charge in [0, 0.05) is 23.5 Å². The van der Waals surface area contributed by atoms with Crippen molar-refractivity contribution >= 4 is 17.3 Å². The van der Waals surface area contributed by atoms with E-state index in [1.54, 1.807) is 26.4 Å². The molecule has 5 nitrogen and oxygen atoms in total. The molecule has 0 atom stereocenters. The van der Waals surface area contributed by atoms with Gasteiger partial charge in [-0.15, -0.1) is 0 Å². The molecule has 2 N–H and O–H groups in total. The lowest BCUT2D eigenvalue weighted by atomic mass is 10.1. The van der Waals surface area contributed by atoms with E-state index in [1.807, 2.05) is 42.5 Å². The summed E-state index contributed by atoms with van der Waals surface area (Å²) in [5.74, 6) is 0.967. The highest BCUT2D eigenvalue weighted by Crippen LogP contribution is 2.25. The molecule has 0 unspecified atom stereocenters. The second kappa shape index (κ2) is 9.59. The third kappa shape index (κ3) is 5.72. The van der Waals surface area contributed by atoms with Crippen molar-refractivity contribution in [3.05, 3.63) is 83.7 Å². The standard InChI is InChI=1S/C23H23FN2O3/c1-28-21-10-11-22(29-2)17(13-21)15-25-19-8-6-16(7-9-19)12-23(27)26-20-5-3-4-18(24)14-20/h3-11,13-14,25H,12,15H2,1-2H3,(H,26,27). The van der Waals surface area contributed by atoms with Crippen LogP contribution in [0.5, 0.6) is 11.5 Å². The molecule has 0 saturated carbocycles. The number of ether oxygens (including phenoxy) is 2. The van der Waals surface area contributed by atoms with Crippen molar-refractivity contribution in [3.63, 3.8) is 0 Å². The van der Waals surface area contributed by atoms with Gasteiger partial charge in [0.15, 0.2) is 0 Å². The highest BCUT2D eigenvalue weighted by atomic mass is 19.1. The number of nitrogens with one attached hydrogen (secondary N) is 2. The van der Waals surface area contributed by atoms with Crippen molar-refractivity contribution < 1.29 is 18.7 Å². The number of carbonyl (C=O) groups excluding carboxylic acids is 1. The fraction of sp³-hybridized carbons (Fsp3) is 0.174. The first-order chi connectivity index (χ1) is 14.1. The Morgan fingerprint density at radius 2 is 1.72 bits per heavy atom. The smallest absolute Gasteiger partial charge is 0.228 e. The van der Waals surface area contributed by atoms with E-state index in [-0.39, 0.29) is 18.1 Å². The highest BCUT2D eigenvalue weighted by molar-refractivity contribution is 5.92. The molecule has 0 radical (unpaired) electrons. The quantitative estimate of drug-likeness (QED) is 0.585. The predicted molar refractivity (Wildman–Crippen MR) is 112 cm³/mol. The molecule has 0 fully saturated rings. The Morgan fingerprint density at radius 3 is 2.41 bits per heavy atom. The number of amides is 1. The number of rotatable bonds is 8. The Balaban J connectivity index is 1.57. The first kappa shape index (κ1) is 20.2. The number of anilines is 2. The maximum atomic E-state index is 13.2. The van der Waals surface area contributed by atoms with Gasteiger partial charge in [-0.05, 0) is 54.1 Å². The zero-order valence-corrected chi connectivity index (χ0v) is 16.4. The van der Waals surface area contributed by atoms with Crippen molar-refractivity contribution in [1.82, 2.24) is 0 Å². The minimum atomic E-state index is -0.383. The fourth-order valence-corrected chi connectivity index (χ4v) is 2.91. The van der Waals surface area contributed by atoms with E-state index in [1.165, 1.54) is 12.1 Å². The van der Waals surface area contributed by atoms with E-state index in [2.05, 4.69) is 10.6 Å². The van der Waals surface area contributed by atoms with Crippen LogP contribution in [0.15, 0.2) is 66.7 Å². The molecule has 3 aromatic carbocycles. The first-order valence-electron chi connectivity index (χ1n) is 9.16. The predicted octanol–water partition coefficient (Wildman–Crippen LogP) is 4.64. The van der Waals surface area contributed by atoms with Crippen LogP contribution in [0.2, 0.25) is 0 Å². The molecule has 0 aliphatic carbocycles. The highest BCUT2D eigenvalue weighted by Gasteiger charge is 2.07. The van der Waals surface area contributed by atoms with Crippen LogP contribution in [0.25, 0.3) is 0 Å². The Morgan fingerprint density at radius 1 is 0.931 bits per heavy atom. The van der Waals surface area contributed by atoms with Gasteiger partial charge in [-0.25, -0.2) is 4.39 Å². The van der Waals surface area contributed by atoms with Crippen molar-refractivity contribution in [3.8, 4) is 11.5 Å². The third-order valence-electron chi connectivity index (χ3n) is 4.40. The van der Waals surface area contributed by atoms with Gasteiger partial charge in [-0.2, -0.15) is 0 Å². The molecular weight excluding hydrogens is 371 g/mol. The SMILES string of the molecule is COc1ccc(OC)c(CNc2ccc(CC(=O)Nc3cccc(F)c3)cc2)c1. The third-order valence-corrected chi connectivity index (χ3v) is 4.40. The molecule has 0 spiro atoms. The molecule has 3 rings (SSSR count). The Labute approximate surface area is 169 Å². The summed E-state index contributed by atoms with van der Waals surface area (Å²) in [6.07, 6.45) is 0.209. The van der Waals surface area contributed by atoms with Crippen LogP contribution in [-0.4, -0.2) is 20.1 Å². The molecule has 0 heterocycles. The lowest BCUT2D eigenvalue weighted by Crippen LogP contribution is -2.14. The van der Waals surface area contributed by atoms with Gasteiger partial charge in [-0.3, -0.25) is 4.79 Å². The van der Waals surface area contributed by atoms with Crippen molar-refractivity contribution in [2.75, 3.05) is 24.9 Å². The Hall–Kier alpha value is -3.54. The molecular formula is C23H23FN2O3. The zero-order chi connectivity index (χ0) is 20.6. The molecule has 150 valence electrons. The van der Waals surface area contributed by atoms with E-state index in [9.17, 15) is 9.18 Å². The molecule has 29 heavy (non-hydrogen) atoms. The normalized spacial score (nSPS) is 10.3. The topological polar surface area (TPSA) is 59.6 Å². The molecule has 0 saturated heterocycles. The van der Waals surface area contributed by atoms with Crippen LogP contribution in [0.3, 0.4) is 0 Å². The van der Waals surface area contributed by atoms with Crippen molar-refractivity contribution in [2.24, 2.45) is 0 Å². The van der Waals surface area contributed by atoms with Gasteiger partial charge in [0.2, 0.25) is 5.91 Å². The van der Waals surface area contributed by atoms with Crippen LogP contribution in [0.4, 0.5) is 15.8 Å². The molecule has 0 aliphatic heterocycles. The van der Waals surface area contributed by atoms with E-state index in [0.29, 0.717) is 12.2 Å². The van der Waals surface area contributed by atoms with Crippen LogP contribution in [0.1, 0.15) is 11.1 Å². The number of halogens is 1. The minimum Gasteiger partial charge on any atom is -0.497 e. The summed E-state index contributed by atoms with van der Waals surface area (Å²) in [6.45, 7) is 0.569. The van der Waals surface area contributed by atoms with Gasteiger partial charge >= 0.3 is 0 Å². The van der Waals surface area contributed by atoms with Crippen LogP contribution in [-0.2, 0) is 17.8 Å². The summed E-state index contributed by atoms with van der Waals surface area (Å²) >= 11 is 0. The summed E-state index contributed by atoms with van der Waals surface area (Å²) in [4.78, 5) is 12.1. The molecule has 6 heteroatoms. The summed E-state index contributed by atoms with van der Waals surface area (Å²) in [5, 5.41) is 6.03. The first-order valence-corrected chi connectivity index (χ1v) is 9.16. The van der Waals surface area contributed by atoms with Crippen LogP contribution < -0.4 is 20.1 Å². The number of carbonyl (C=O) groups is 1. The average Bonchev–Trinajstić information content (AvgIpc) is 2.73. The maximum absolute atomic E-state index is 13.2. The molecule has 0 bridgehead atoms. The monoisotopic (exact) mass is 394 g/mol.